The lowest BCUT2D eigenvalue weighted by molar-refractivity contribution is -0.117. The van der Waals surface area contributed by atoms with Crippen LogP contribution in [0.1, 0.15) is 34.6 Å². The standard InChI is InChI=1S/C12H23NO2/c1-8(2)11(13-7-10(5)14)6-12(15)9(3)4/h6,8-10,13-14H,7H2,1-5H3. The number of carbonyl (C=O) groups is 1. The Kier molecular flexibility index (Phi) is 6.25. The number of hydrogen-bond donors (Lipinski definition) is 2. The van der Waals surface area contributed by atoms with Gasteiger partial charge in [-0.2, -0.15) is 0 Å². The summed E-state index contributed by atoms with van der Waals surface area (Å²) in [5, 5.41) is 12.2. The summed E-state index contributed by atoms with van der Waals surface area (Å²) in [7, 11) is 0. The maximum Gasteiger partial charge on any atom is 0.159 e. The smallest absolute Gasteiger partial charge is 0.159 e. The molecule has 0 saturated heterocycles. The molecule has 3 heteroatoms. The maximum atomic E-state index is 11.5. The van der Waals surface area contributed by atoms with Gasteiger partial charge in [-0.1, -0.05) is 27.7 Å². The molecule has 15 heavy (non-hydrogen) atoms. The fourth-order valence-electron chi connectivity index (χ4n) is 1.01. The van der Waals surface area contributed by atoms with Crippen LogP contribution in [-0.4, -0.2) is 23.5 Å². The molecule has 0 aliphatic carbocycles. The van der Waals surface area contributed by atoms with Crippen LogP contribution in [0.3, 0.4) is 0 Å². The van der Waals surface area contributed by atoms with E-state index in [1.807, 2.05) is 27.7 Å². The Morgan fingerprint density at radius 3 is 2.07 bits per heavy atom. The Labute approximate surface area is 92.6 Å². The van der Waals surface area contributed by atoms with E-state index in [1.165, 1.54) is 0 Å². The van der Waals surface area contributed by atoms with Crippen molar-refractivity contribution in [2.75, 3.05) is 6.54 Å². The van der Waals surface area contributed by atoms with Crippen LogP contribution in [-0.2, 0) is 4.79 Å². The molecular weight excluding hydrogens is 190 g/mol. The van der Waals surface area contributed by atoms with Gasteiger partial charge in [0.2, 0.25) is 0 Å². The molecule has 0 rings (SSSR count). The van der Waals surface area contributed by atoms with E-state index in [4.69, 9.17) is 5.11 Å². The zero-order valence-corrected chi connectivity index (χ0v) is 10.4. The lowest BCUT2D eigenvalue weighted by atomic mass is 10.0. The van der Waals surface area contributed by atoms with Gasteiger partial charge >= 0.3 is 0 Å². The molecule has 0 amide bonds. The number of nitrogens with one attached hydrogen (secondary N) is 1. The first-order valence-corrected chi connectivity index (χ1v) is 5.52. The van der Waals surface area contributed by atoms with E-state index in [0.29, 0.717) is 6.54 Å². The monoisotopic (exact) mass is 213 g/mol. The Morgan fingerprint density at radius 1 is 1.20 bits per heavy atom. The van der Waals surface area contributed by atoms with E-state index in [9.17, 15) is 4.79 Å². The van der Waals surface area contributed by atoms with Crippen LogP contribution < -0.4 is 5.32 Å². The van der Waals surface area contributed by atoms with Crippen LogP contribution in [0, 0.1) is 11.8 Å². The van der Waals surface area contributed by atoms with Crippen LogP contribution in [0.4, 0.5) is 0 Å². The molecule has 0 aliphatic rings. The number of aliphatic hydroxyl groups excluding tert-OH is 1. The highest BCUT2D eigenvalue weighted by atomic mass is 16.3. The number of aliphatic hydroxyl groups is 1. The van der Waals surface area contributed by atoms with Crippen molar-refractivity contribution in [3.8, 4) is 0 Å². The average Bonchev–Trinajstić information content (AvgIpc) is 2.10. The summed E-state index contributed by atoms with van der Waals surface area (Å²) in [6.07, 6.45) is 1.25. The summed E-state index contributed by atoms with van der Waals surface area (Å²) in [4.78, 5) is 11.5. The number of rotatable bonds is 6. The predicted octanol–water partition coefficient (Wildman–Crippen LogP) is 1.72. The van der Waals surface area contributed by atoms with Crippen LogP contribution in [0.15, 0.2) is 11.8 Å². The minimum absolute atomic E-state index is 0.0205. The van der Waals surface area contributed by atoms with E-state index in [2.05, 4.69) is 5.32 Å². The number of ketones is 1. The van der Waals surface area contributed by atoms with Crippen LogP contribution >= 0.6 is 0 Å². The van der Waals surface area contributed by atoms with Gasteiger partial charge in [0.15, 0.2) is 5.78 Å². The molecule has 2 N–H and O–H groups in total. The van der Waals surface area contributed by atoms with Gasteiger partial charge in [0.1, 0.15) is 0 Å². The minimum Gasteiger partial charge on any atom is -0.392 e. The van der Waals surface area contributed by atoms with Crippen LogP contribution in [0.25, 0.3) is 0 Å². The molecule has 88 valence electrons. The summed E-state index contributed by atoms with van der Waals surface area (Å²) >= 11 is 0. The lowest BCUT2D eigenvalue weighted by Crippen LogP contribution is -2.27. The Hall–Kier alpha value is -0.830. The second-order valence-corrected chi connectivity index (χ2v) is 4.54. The molecule has 0 spiro atoms. The summed E-state index contributed by atoms with van der Waals surface area (Å²) in [5.41, 5.74) is 0.898. The zero-order valence-electron chi connectivity index (χ0n) is 10.4. The van der Waals surface area contributed by atoms with Gasteiger partial charge < -0.3 is 10.4 Å². The molecule has 0 saturated carbocycles. The van der Waals surface area contributed by atoms with Gasteiger partial charge in [0.25, 0.3) is 0 Å². The molecule has 0 aromatic heterocycles. The van der Waals surface area contributed by atoms with E-state index in [1.54, 1.807) is 13.0 Å². The van der Waals surface area contributed by atoms with Crippen molar-refractivity contribution in [1.29, 1.82) is 0 Å². The molecule has 0 bridgehead atoms. The third-order valence-electron chi connectivity index (χ3n) is 2.09. The van der Waals surface area contributed by atoms with E-state index >= 15 is 0 Å². The molecule has 1 atom stereocenters. The zero-order chi connectivity index (χ0) is 12.0. The summed E-state index contributed by atoms with van der Waals surface area (Å²) in [5.74, 6) is 0.412. The van der Waals surface area contributed by atoms with Crippen LogP contribution in [0.2, 0.25) is 0 Å². The molecule has 3 nitrogen and oxygen atoms in total. The third kappa shape index (κ3) is 6.28. The first kappa shape index (κ1) is 14.2. The molecule has 0 radical (unpaired) electrons. The number of hydrogen-bond acceptors (Lipinski definition) is 3. The van der Waals surface area contributed by atoms with Crippen molar-refractivity contribution < 1.29 is 9.90 Å². The quantitative estimate of drug-likeness (QED) is 0.661. The van der Waals surface area contributed by atoms with Crippen molar-refractivity contribution in [1.82, 2.24) is 5.32 Å². The molecule has 1 unspecified atom stereocenters. The summed E-state index contributed by atoms with van der Waals surface area (Å²) in [6.45, 7) is 10.0. The lowest BCUT2D eigenvalue weighted by Gasteiger charge is -2.16. The number of carbonyl (C=O) groups excluding carboxylic acids is 1. The summed E-state index contributed by atoms with van der Waals surface area (Å²) < 4.78 is 0. The summed E-state index contributed by atoms with van der Waals surface area (Å²) in [6, 6.07) is 0. The molecule has 0 aromatic rings. The van der Waals surface area contributed by atoms with Gasteiger partial charge in [-0.05, 0) is 12.8 Å². The fraction of sp³-hybridized carbons (Fsp3) is 0.750. The van der Waals surface area contributed by atoms with Crippen molar-refractivity contribution in [2.45, 2.75) is 40.7 Å². The molecule has 0 aromatic carbocycles. The van der Waals surface area contributed by atoms with Crippen molar-refractivity contribution in [2.24, 2.45) is 11.8 Å². The maximum absolute atomic E-state index is 11.5. The van der Waals surface area contributed by atoms with Gasteiger partial charge in [-0.3, -0.25) is 4.79 Å². The van der Waals surface area contributed by atoms with Crippen LogP contribution in [0.5, 0.6) is 0 Å². The third-order valence-corrected chi connectivity index (χ3v) is 2.09. The fourth-order valence-corrected chi connectivity index (χ4v) is 1.01. The number of allylic oxidation sites excluding steroid dienone is 2. The molecule has 0 fully saturated rings. The SMILES string of the molecule is CC(O)CNC(=CC(=O)C(C)C)C(C)C. The minimum atomic E-state index is -0.402. The molecular formula is C12H23NO2. The van der Waals surface area contributed by atoms with Gasteiger partial charge in [0, 0.05) is 24.2 Å². The van der Waals surface area contributed by atoms with Crippen molar-refractivity contribution in [3.05, 3.63) is 11.8 Å². The Balaban J connectivity index is 4.45. The first-order valence-electron chi connectivity index (χ1n) is 5.52. The average molecular weight is 213 g/mol. The van der Waals surface area contributed by atoms with E-state index < -0.39 is 6.10 Å². The van der Waals surface area contributed by atoms with Crippen molar-refractivity contribution in [3.63, 3.8) is 0 Å². The molecule has 0 aliphatic heterocycles. The van der Waals surface area contributed by atoms with E-state index in [-0.39, 0.29) is 17.6 Å². The largest absolute Gasteiger partial charge is 0.392 e. The Bertz CT molecular complexity index is 230. The second kappa shape index (κ2) is 6.62. The second-order valence-electron chi connectivity index (χ2n) is 4.54. The Morgan fingerprint density at radius 2 is 1.73 bits per heavy atom. The predicted molar refractivity (Wildman–Crippen MR) is 62.4 cm³/mol. The highest BCUT2D eigenvalue weighted by Crippen LogP contribution is 2.08. The highest BCUT2D eigenvalue weighted by Gasteiger charge is 2.09. The van der Waals surface area contributed by atoms with Gasteiger partial charge in [-0.15, -0.1) is 0 Å². The van der Waals surface area contributed by atoms with Gasteiger partial charge in [-0.25, -0.2) is 0 Å². The van der Waals surface area contributed by atoms with Gasteiger partial charge in [0.05, 0.1) is 6.10 Å². The highest BCUT2D eigenvalue weighted by molar-refractivity contribution is 5.91. The molecule has 0 heterocycles. The first-order chi connectivity index (χ1) is 6.84. The van der Waals surface area contributed by atoms with E-state index in [0.717, 1.165) is 5.70 Å². The normalized spacial score (nSPS) is 14.5. The topological polar surface area (TPSA) is 49.3 Å². The van der Waals surface area contributed by atoms with Crippen molar-refractivity contribution >= 4 is 5.78 Å².